The molecule has 1 aromatic heterocycles. The number of unbranched alkanes of at least 4 members (excludes halogenated alkanes) is 13. The van der Waals surface area contributed by atoms with Gasteiger partial charge in [0, 0.05) is 18.6 Å². The number of hydrogen-bond donors (Lipinski definition) is 0. The van der Waals surface area contributed by atoms with Crippen LogP contribution in [0.3, 0.4) is 0 Å². The van der Waals surface area contributed by atoms with Crippen molar-refractivity contribution in [3.8, 4) is 0 Å². The molecule has 0 saturated carbocycles. The Morgan fingerprint density at radius 2 is 0.949 bits per heavy atom. The van der Waals surface area contributed by atoms with Crippen LogP contribution in [0.1, 0.15) is 96.8 Å². The van der Waals surface area contributed by atoms with Crippen LogP contribution in [0.25, 0.3) is 0 Å². The summed E-state index contributed by atoms with van der Waals surface area (Å²) in [5.41, 5.74) is 0. The van der Waals surface area contributed by atoms with Gasteiger partial charge in [0.2, 0.25) is 0 Å². The Morgan fingerprint density at radius 3 is 1.28 bits per heavy atom. The number of pyridine rings is 1. The minimum atomic E-state index is -7.43. The lowest BCUT2D eigenvalue weighted by Gasteiger charge is -2.34. The quantitative estimate of drug-likeness (QED) is 0.0733. The Labute approximate surface area is 224 Å². The first-order chi connectivity index (χ1) is 17.9. The highest BCUT2D eigenvalue weighted by molar-refractivity contribution is 7.86. The third kappa shape index (κ3) is 12.6. The van der Waals surface area contributed by atoms with Crippen molar-refractivity contribution in [1.82, 2.24) is 0 Å². The van der Waals surface area contributed by atoms with Gasteiger partial charge in [0.25, 0.3) is 0 Å². The Kier molecular flexibility index (Phi) is 16.6. The second-order valence-corrected chi connectivity index (χ2v) is 10.7. The Balaban J connectivity index is 0.000000768. The van der Waals surface area contributed by atoms with Gasteiger partial charge >= 0.3 is 23.3 Å². The highest BCUT2D eigenvalue weighted by atomic mass is 32.2. The van der Waals surface area contributed by atoms with Gasteiger partial charge in [-0.05, 0) is 6.42 Å². The second kappa shape index (κ2) is 17.3. The number of hydrogen-bond acceptors (Lipinski definition) is 3. The summed E-state index contributed by atoms with van der Waals surface area (Å²) in [7, 11) is -7.42. The van der Waals surface area contributed by atoms with Crippen LogP contribution in [0.15, 0.2) is 30.6 Å². The van der Waals surface area contributed by atoms with E-state index in [2.05, 4.69) is 42.1 Å². The highest BCUT2D eigenvalue weighted by Crippen LogP contribution is 2.54. The fourth-order valence-corrected chi connectivity index (χ4v) is 4.03. The van der Waals surface area contributed by atoms with Gasteiger partial charge in [0.15, 0.2) is 22.5 Å². The molecule has 0 N–H and O–H groups in total. The van der Waals surface area contributed by atoms with Crippen LogP contribution in [0.4, 0.5) is 39.5 Å². The predicted molar refractivity (Wildman–Crippen MR) is 128 cm³/mol. The van der Waals surface area contributed by atoms with Crippen LogP contribution in [0.2, 0.25) is 0 Å². The third-order valence-electron chi connectivity index (χ3n) is 5.98. The van der Waals surface area contributed by atoms with Gasteiger partial charge in [-0.3, -0.25) is 0 Å². The summed E-state index contributed by atoms with van der Waals surface area (Å²) in [5.74, 6) is -14.8. The number of rotatable bonds is 18. The number of alkyl halides is 9. The molecular weight excluding hydrogens is 565 g/mol. The molecule has 230 valence electrons. The monoisotopic (exact) mass is 603 g/mol. The van der Waals surface area contributed by atoms with E-state index in [4.69, 9.17) is 0 Å². The third-order valence-corrected chi connectivity index (χ3v) is 6.86. The summed E-state index contributed by atoms with van der Waals surface area (Å²) in [6, 6.07) is 6.31. The lowest BCUT2D eigenvalue weighted by Crippen LogP contribution is -2.63. The molecule has 0 bridgehead atoms. The summed E-state index contributed by atoms with van der Waals surface area (Å²) < 4.78 is 138. The molecule has 39 heavy (non-hydrogen) atoms. The lowest BCUT2D eigenvalue weighted by atomic mass is 10.0. The van der Waals surface area contributed by atoms with Crippen LogP contribution < -0.4 is 4.57 Å². The largest absolute Gasteiger partial charge is 0.743 e. The molecule has 0 atom stereocenters. The van der Waals surface area contributed by atoms with Gasteiger partial charge in [0.1, 0.15) is 6.54 Å². The van der Waals surface area contributed by atoms with Crippen molar-refractivity contribution in [2.75, 3.05) is 0 Å². The molecule has 14 heteroatoms. The SMILES string of the molecule is CCCCCCCCCCCCCCCC[n+]1ccccc1.O=S(=O)([O-])C(F)(F)C(F)(F)C(F)(F)C(F)(F)F. The van der Waals surface area contributed by atoms with Crippen molar-refractivity contribution in [2.24, 2.45) is 0 Å². The summed E-state index contributed by atoms with van der Waals surface area (Å²) in [5, 5.41) is -7.11. The van der Waals surface area contributed by atoms with Gasteiger partial charge in [0.05, 0.1) is 0 Å². The fraction of sp³-hybridized carbons (Fsp3) is 0.800. The summed E-state index contributed by atoms with van der Waals surface area (Å²) in [6.45, 7) is 3.47. The topological polar surface area (TPSA) is 61.1 Å². The van der Waals surface area contributed by atoms with E-state index in [1.165, 1.54) is 96.4 Å². The first-order valence-electron chi connectivity index (χ1n) is 13.0. The molecule has 0 aliphatic rings. The second-order valence-electron chi connectivity index (χ2n) is 9.33. The van der Waals surface area contributed by atoms with Gasteiger partial charge in [-0.15, -0.1) is 0 Å². The molecule has 0 unspecified atom stereocenters. The zero-order valence-corrected chi connectivity index (χ0v) is 22.8. The lowest BCUT2D eigenvalue weighted by molar-refractivity contribution is -0.697. The van der Waals surface area contributed by atoms with Crippen molar-refractivity contribution < 1.29 is 57.1 Å². The molecule has 0 aromatic carbocycles. The first-order valence-corrected chi connectivity index (χ1v) is 14.4. The van der Waals surface area contributed by atoms with Gasteiger partial charge in [-0.25, -0.2) is 13.0 Å². The molecule has 0 saturated heterocycles. The van der Waals surface area contributed by atoms with Crippen molar-refractivity contribution in [1.29, 1.82) is 0 Å². The van der Waals surface area contributed by atoms with Gasteiger partial charge in [-0.1, -0.05) is 90.0 Å². The average Bonchev–Trinajstić information content (AvgIpc) is 2.83. The standard InChI is InChI=1S/C21H38N.C4HF9O3S/c1-2-3-4-5-6-7-8-9-10-11-12-13-14-16-19-22-20-17-15-18-21-22;5-1(6,3(9,10)11)2(7,8)4(12,13)17(14,15)16/h15,17-18,20-21H,2-14,16,19H2,1H3;(H,14,15,16)/q+1;/p-1. The van der Waals surface area contributed by atoms with Crippen LogP contribution in [0, 0.1) is 0 Å². The summed E-state index contributed by atoms with van der Waals surface area (Å²) >= 11 is 0. The molecule has 0 radical (unpaired) electrons. The molecule has 4 nitrogen and oxygen atoms in total. The molecule has 1 rings (SSSR count). The fourth-order valence-electron chi connectivity index (χ4n) is 3.59. The zero-order chi connectivity index (χ0) is 30.2. The van der Waals surface area contributed by atoms with Crippen LogP contribution in [-0.4, -0.2) is 36.2 Å². The molecule has 0 fully saturated rings. The van der Waals surface area contributed by atoms with Crippen LogP contribution in [-0.2, 0) is 16.7 Å². The minimum absolute atomic E-state index is 1.18. The minimum Gasteiger partial charge on any atom is -0.743 e. The van der Waals surface area contributed by atoms with Gasteiger partial charge < -0.3 is 4.55 Å². The molecule has 1 aromatic rings. The summed E-state index contributed by atoms with van der Waals surface area (Å²) in [4.78, 5) is 0. The molecular formula is C25H38F9NO3S. The molecule has 0 spiro atoms. The molecule has 0 amide bonds. The van der Waals surface area contributed by atoms with Crippen LogP contribution >= 0.6 is 0 Å². The molecule has 1 heterocycles. The number of halogens is 9. The smallest absolute Gasteiger partial charge is 0.460 e. The van der Waals surface area contributed by atoms with E-state index in [1.54, 1.807) is 0 Å². The van der Waals surface area contributed by atoms with E-state index in [0.717, 1.165) is 0 Å². The maximum absolute atomic E-state index is 12.2. The Bertz CT molecular complexity index is 881. The first kappa shape index (κ1) is 37.4. The Hall–Kier alpha value is -1.57. The normalized spacial score (nSPS) is 13.2. The van der Waals surface area contributed by atoms with Crippen molar-refractivity contribution in [3.63, 3.8) is 0 Å². The van der Waals surface area contributed by atoms with E-state index in [-0.39, 0.29) is 0 Å². The van der Waals surface area contributed by atoms with E-state index in [1.807, 2.05) is 0 Å². The molecule has 0 aliphatic heterocycles. The van der Waals surface area contributed by atoms with E-state index < -0.39 is 33.4 Å². The number of aromatic nitrogens is 1. The molecule has 0 aliphatic carbocycles. The highest BCUT2D eigenvalue weighted by Gasteiger charge is 2.83. The zero-order valence-electron chi connectivity index (χ0n) is 22.0. The van der Waals surface area contributed by atoms with E-state index in [0.29, 0.717) is 0 Å². The van der Waals surface area contributed by atoms with Crippen molar-refractivity contribution in [2.45, 2.75) is 127 Å². The van der Waals surface area contributed by atoms with Crippen molar-refractivity contribution >= 4 is 10.1 Å². The van der Waals surface area contributed by atoms with E-state index >= 15 is 0 Å². The number of nitrogens with zero attached hydrogens (tertiary/aromatic N) is 1. The summed E-state index contributed by atoms with van der Waals surface area (Å²) in [6.07, 6.45) is 17.3. The predicted octanol–water partition coefficient (Wildman–Crippen LogP) is 8.41. The maximum Gasteiger partial charge on any atom is 0.460 e. The average molecular weight is 604 g/mol. The van der Waals surface area contributed by atoms with Gasteiger partial charge in [-0.2, -0.15) is 39.5 Å². The number of aryl methyl sites for hydroxylation is 1. The maximum atomic E-state index is 12.2. The Morgan fingerprint density at radius 1 is 0.590 bits per heavy atom. The van der Waals surface area contributed by atoms with Crippen molar-refractivity contribution in [3.05, 3.63) is 30.6 Å². The van der Waals surface area contributed by atoms with E-state index in [9.17, 15) is 52.5 Å². The van der Waals surface area contributed by atoms with Crippen LogP contribution in [0.5, 0.6) is 0 Å².